The molecule has 1 atom stereocenters. The van der Waals surface area contributed by atoms with Gasteiger partial charge in [-0.3, -0.25) is 4.99 Å². The lowest BCUT2D eigenvalue weighted by atomic mass is 9.87. The van der Waals surface area contributed by atoms with Gasteiger partial charge in [0.25, 0.3) is 0 Å². The van der Waals surface area contributed by atoms with E-state index >= 15 is 0 Å². The van der Waals surface area contributed by atoms with Crippen molar-refractivity contribution >= 4 is 39.8 Å². The Morgan fingerprint density at radius 2 is 1.75 bits per heavy atom. The summed E-state index contributed by atoms with van der Waals surface area (Å²) in [5.74, 6) is 1.55. The van der Waals surface area contributed by atoms with Gasteiger partial charge in [-0.25, -0.2) is 8.42 Å². The predicted molar refractivity (Wildman–Crippen MR) is 144 cm³/mol. The van der Waals surface area contributed by atoms with Gasteiger partial charge in [0.15, 0.2) is 15.8 Å². The Labute approximate surface area is 212 Å². The van der Waals surface area contributed by atoms with Crippen LogP contribution in [-0.4, -0.2) is 76.2 Å². The number of guanidine groups is 1. The Balaban J connectivity index is 0.00000363. The molecule has 0 aromatic heterocycles. The molecule has 8 heteroatoms. The van der Waals surface area contributed by atoms with Crippen molar-refractivity contribution in [1.29, 1.82) is 0 Å². The molecule has 0 radical (unpaired) electrons. The second-order valence-electron chi connectivity index (χ2n) is 10.0. The Morgan fingerprint density at radius 3 is 2.34 bits per heavy atom. The van der Waals surface area contributed by atoms with Gasteiger partial charge < -0.3 is 15.1 Å². The molecule has 1 N–H and O–H groups in total. The van der Waals surface area contributed by atoms with E-state index in [9.17, 15) is 8.42 Å². The van der Waals surface area contributed by atoms with Crippen LogP contribution in [0.2, 0.25) is 0 Å². The molecule has 0 saturated carbocycles. The van der Waals surface area contributed by atoms with E-state index in [1.807, 2.05) is 12.1 Å². The fourth-order valence-electron chi connectivity index (χ4n) is 4.59. The number of likely N-dealkylation sites (tertiary alicyclic amines) is 2. The molecule has 182 valence electrons. The first kappa shape index (κ1) is 27.4. The van der Waals surface area contributed by atoms with Crippen LogP contribution in [0, 0.1) is 5.92 Å². The number of nitrogens with zero attached hydrogens (tertiary/aromatic N) is 3. The minimum Gasteiger partial charge on any atom is -0.355 e. The Morgan fingerprint density at radius 1 is 1.09 bits per heavy atom. The summed E-state index contributed by atoms with van der Waals surface area (Å²) in [6.07, 6.45) is 5.20. The Kier molecular flexibility index (Phi) is 10.3. The highest BCUT2D eigenvalue weighted by Gasteiger charge is 2.27. The van der Waals surface area contributed by atoms with Crippen molar-refractivity contribution in [3.8, 4) is 0 Å². The van der Waals surface area contributed by atoms with Gasteiger partial charge in [-0.1, -0.05) is 39.3 Å². The molecule has 1 aromatic rings. The maximum absolute atomic E-state index is 12.8. The third kappa shape index (κ3) is 7.58. The maximum Gasteiger partial charge on any atom is 0.193 e. The largest absolute Gasteiger partial charge is 0.355 e. The molecule has 2 aliphatic rings. The molecule has 32 heavy (non-hydrogen) atoms. The lowest BCUT2D eigenvalue weighted by molar-refractivity contribution is 0.198. The normalized spacial score (nSPS) is 20.8. The molecule has 0 amide bonds. The summed E-state index contributed by atoms with van der Waals surface area (Å²) in [5.41, 5.74) is 1.15. The van der Waals surface area contributed by atoms with Crippen LogP contribution in [0.3, 0.4) is 0 Å². The van der Waals surface area contributed by atoms with Crippen molar-refractivity contribution in [2.24, 2.45) is 10.9 Å². The molecule has 3 rings (SSSR count). The number of benzene rings is 1. The van der Waals surface area contributed by atoms with E-state index in [4.69, 9.17) is 0 Å². The Bertz CT molecular complexity index is 844. The first-order chi connectivity index (χ1) is 14.7. The molecule has 2 heterocycles. The zero-order valence-corrected chi connectivity index (χ0v) is 23.3. The SMILES string of the molecule is CN=C(NCCS(=O)(=O)c1ccc(C(C)(C)C)cc1)N1CCC(CN2CCCCC2)C1.I. The third-order valence-electron chi connectivity index (χ3n) is 6.50. The highest BCUT2D eigenvalue weighted by atomic mass is 127. The maximum atomic E-state index is 12.8. The molecule has 1 aromatic carbocycles. The standard InChI is InChI=1S/C24H40N4O2S.HI/c1-24(2,3)21-8-10-22(11-9-21)31(29,30)17-13-26-23(25-4)28-16-12-20(19-28)18-27-14-6-5-7-15-27;/h8-11,20H,5-7,12-19H2,1-4H3,(H,25,26);1H. The zero-order chi connectivity index (χ0) is 22.5. The van der Waals surface area contributed by atoms with Gasteiger partial charge in [0, 0.05) is 33.2 Å². The van der Waals surface area contributed by atoms with Crippen molar-refractivity contribution in [3.05, 3.63) is 29.8 Å². The fourth-order valence-corrected chi connectivity index (χ4v) is 5.75. The number of rotatable bonds is 6. The highest BCUT2D eigenvalue weighted by molar-refractivity contribution is 14.0. The van der Waals surface area contributed by atoms with E-state index in [0.717, 1.165) is 24.6 Å². The molecule has 0 aliphatic carbocycles. The fraction of sp³-hybridized carbons (Fsp3) is 0.708. The van der Waals surface area contributed by atoms with Gasteiger partial charge in [-0.15, -0.1) is 24.0 Å². The molecule has 0 spiro atoms. The molecule has 1 unspecified atom stereocenters. The molecular weight excluding hydrogens is 535 g/mol. The minimum atomic E-state index is -3.32. The summed E-state index contributed by atoms with van der Waals surface area (Å²) < 4.78 is 25.5. The van der Waals surface area contributed by atoms with Crippen LogP contribution in [0.1, 0.15) is 52.0 Å². The van der Waals surface area contributed by atoms with Crippen LogP contribution in [-0.2, 0) is 15.3 Å². The smallest absolute Gasteiger partial charge is 0.193 e. The summed E-state index contributed by atoms with van der Waals surface area (Å²) in [5, 5.41) is 3.28. The number of piperidine rings is 1. The number of aliphatic imine (C=N–C) groups is 1. The van der Waals surface area contributed by atoms with Crippen molar-refractivity contribution < 1.29 is 8.42 Å². The molecule has 2 saturated heterocycles. The lowest BCUT2D eigenvalue weighted by Crippen LogP contribution is -2.42. The third-order valence-corrected chi connectivity index (χ3v) is 8.23. The highest BCUT2D eigenvalue weighted by Crippen LogP contribution is 2.24. The van der Waals surface area contributed by atoms with E-state index in [1.54, 1.807) is 19.2 Å². The van der Waals surface area contributed by atoms with Crippen molar-refractivity contribution in [3.63, 3.8) is 0 Å². The van der Waals surface area contributed by atoms with Crippen LogP contribution in [0.15, 0.2) is 34.2 Å². The van der Waals surface area contributed by atoms with Gasteiger partial charge in [0.1, 0.15) is 0 Å². The average molecular weight is 577 g/mol. The zero-order valence-electron chi connectivity index (χ0n) is 20.1. The molecule has 2 fully saturated rings. The summed E-state index contributed by atoms with van der Waals surface area (Å²) >= 11 is 0. The number of nitrogens with one attached hydrogen (secondary N) is 1. The minimum absolute atomic E-state index is 0. The van der Waals surface area contributed by atoms with Gasteiger partial charge in [-0.2, -0.15) is 0 Å². The average Bonchev–Trinajstić information content (AvgIpc) is 3.19. The van der Waals surface area contributed by atoms with Crippen molar-refractivity contribution in [2.75, 3.05) is 52.1 Å². The summed E-state index contributed by atoms with van der Waals surface area (Å²) in [6.45, 7) is 12.4. The van der Waals surface area contributed by atoms with Crippen LogP contribution in [0.25, 0.3) is 0 Å². The monoisotopic (exact) mass is 576 g/mol. The van der Waals surface area contributed by atoms with Crippen molar-refractivity contribution in [1.82, 2.24) is 15.1 Å². The molecular formula is C24H41IN4O2S. The predicted octanol–water partition coefficient (Wildman–Crippen LogP) is 3.76. The second kappa shape index (κ2) is 12.0. The number of sulfone groups is 1. The van der Waals surface area contributed by atoms with Gasteiger partial charge in [-0.05, 0) is 61.4 Å². The summed E-state index contributed by atoms with van der Waals surface area (Å²) in [7, 11) is -1.54. The summed E-state index contributed by atoms with van der Waals surface area (Å²) in [4.78, 5) is 9.67. The van der Waals surface area contributed by atoms with Gasteiger partial charge >= 0.3 is 0 Å². The summed E-state index contributed by atoms with van der Waals surface area (Å²) in [6, 6.07) is 7.31. The van der Waals surface area contributed by atoms with E-state index < -0.39 is 9.84 Å². The van der Waals surface area contributed by atoms with E-state index in [1.165, 1.54) is 45.3 Å². The number of hydrogen-bond acceptors (Lipinski definition) is 4. The van der Waals surface area contributed by atoms with E-state index in [-0.39, 0.29) is 35.1 Å². The lowest BCUT2D eigenvalue weighted by Gasteiger charge is -2.29. The van der Waals surface area contributed by atoms with Gasteiger partial charge in [0.2, 0.25) is 0 Å². The van der Waals surface area contributed by atoms with Crippen LogP contribution >= 0.6 is 24.0 Å². The number of halogens is 1. The first-order valence-electron chi connectivity index (χ1n) is 11.7. The quantitative estimate of drug-likeness (QED) is 0.318. The van der Waals surface area contributed by atoms with E-state index in [2.05, 4.69) is 40.9 Å². The van der Waals surface area contributed by atoms with Crippen LogP contribution < -0.4 is 5.32 Å². The van der Waals surface area contributed by atoms with E-state index in [0.29, 0.717) is 17.4 Å². The van der Waals surface area contributed by atoms with Crippen LogP contribution in [0.5, 0.6) is 0 Å². The first-order valence-corrected chi connectivity index (χ1v) is 13.4. The second-order valence-corrected chi connectivity index (χ2v) is 12.1. The van der Waals surface area contributed by atoms with Gasteiger partial charge in [0.05, 0.1) is 10.6 Å². The molecule has 0 bridgehead atoms. The van der Waals surface area contributed by atoms with Crippen LogP contribution in [0.4, 0.5) is 0 Å². The van der Waals surface area contributed by atoms with Crippen molar-refractivity contribution in [2.45, 2.75) is 56.8 Å². The Hall–Kier alpha value is -0.870. The molecule has 6 nitrogen and oxygen atoms in total. The molecule has 2 aliphatic heterocycles. The topological polar surface area (TPSA) is 65.0 Å². The number of hydrogen-bond donors (Lipinski definition) is 1.